The molecule has 1 unspecified atom stereocenters. The van der Waals surface area contributed by atoms with Crippen LogP contribution in [-0.4, -0.2) is 41.7 Å². The van der Waals surface area contributed by atoms with E-state index in [1.54, 1.807) is 11.8 Å². The second-order valence-electron chi connectivity index (χ2n) is 4.66. The first-order chi connectivity index (χ1) is 10.1. The number of hydrogen-bond acceptors (Lipinski definition) is 3. The van der Waals surface area contributed by atoms with Gasteiger partial charge >= 0.3 is 12.0 Å². The SMILES string of the molecule is CSCCCNC(=O)NC(CCc1ccccc1)C(=O)O. The maximum atomic E-state index is 11.6. The molecule has 0 fully saturated rings. The molecule has 0 heterocycles. The summed E-state index contributed by atoms with van der Waals surface area (Å²) in [6, 6.07) is 8.34. The van der Waals surface area contributed by atoms with Crippen molar-refractivity contribution < 1.29 is 14.7 Å². The normalized spacial score (nSPS) is 11.7. The number of benzene rings is 1. The van der Waals surface area contributed by atoms with Gasteiger partial charge in [-0.2, -0.15) is 11.8 Å². The predicted molar refractivity (Wildman–Crippen MR) is 85.7 cm³/mol. The molecule has 1 aromatic carbocycles. The highest BCUT2D eigenvalue weighted by Crippen LogP contribution is 2.05. The van der Waals surface area contributed by atoms with E-state index in [1.807, 2.05) is 36.6 Å². The van der Waals surface area contributed by atoms with Gasteiger partial charge < -0.3 is 15.7 Å². The molecule has 1 atom stereocenters. The second kappa shape index (κ2) is 10.1. The molecule has 5 nitrogen and oxygen atoms in total. The molecule has 3 N–H and O–H groups in total. The van der Waals surface area contributed by atoms with Crippen molar-refractivity contribution in [2.24, 2.45) is 0 Å². The number of amides is 2. The van der Waals surface area contributed by atoms with Gasteiger partial charge in [-0.3, -0.25) is 0 Å². The van der Waals surface area contributed by atoms with Crippen molar-refractivity contribution >= 4 is 23.8 Å². The zero-order valence-corrected chi connectivity index (χ0v) is 13.0. The average molecular weight is 310 g/mol. The number of thioether (sulfide) groups is 1. The number of urea groups is 1. The topological polar surface area (TPSA) is 78.4 Å². The third-order valence-electron chi connectivity index (χ3n) is 2.98. The fraction of sp³-hybridized carbons (Fsp3) is 0.467. The summed E-state index contributed by atoms with van der Waals surface area (Å²) in [6.45, 7) is 0.553. The van der Waals surface area contributed by atoms with Gasteiger partial charge in [0.1, 0.15) is 6.04 Å². The molecule has 0 aliphatic carbocycles. The van der Waals surface area contributed by atoms with Crippen LogP contribution < -0.4 is 10.6 Å². The Morgan fingerprint density at radius 2 is 2.00 bits per heavy atom. The van der Waals surface area contributed by atoms with Gasteiger partial charge in [0.05, 0.1) is 0 Å². The molecule has 1 aromatic rings. The molecular weight excluding hydrogens is 288 g/mol. The van der Waals surface area contributed by atoms with Crippen LogP contribution in [0.5, 0.6) is 0 Å². The smallest absolute Gasteiger partial charge is 0.326 e. The van der Waals surface area contributed by atoms with Crippen LogP contribution >= 0.6 is 11.8 Å². The third kappa shape index (κ3) is 7.60. The number of aryl methyl sites for hydroxylation is 1. The fourth-order valence-electron chi connectivity index (χ4n) is 1.84. The van der Waals surface area contributed by atoms with Crippen LogP contribution in [0.4, 0.5) is 4.79 Å². The van der Waals surface area contributed by atoms with Crippen molar-refractivity contribution in [1.29, 1.82) is 0 Å². The molecule has 21 heavy (non-hydrogen) atoms. The van der Waals surface area contributed by atoms with Gasteiger partial charge in [-0.25, -0.2) is 9.59 Å². The van der Waals surface area contributed by atoms with E-state index in [9.17, 15) is 9.59 Å². The van der Waals surface area contributed by atoms with E-state index in [1.165, 1.54) is 0 Å². The van der Waals surface area contributed by atoms with Crippen LogP contribution in [-0.2, 0) is 11.2 Å². The summed E-state index contributed by atoms with van der Waals surface area (Å²) < 4.78 is 0. The molecule has 0 saturated carbocycles. The van der Waals surface area contributed by atoms with Crippen molar-refractivity contribution in [3.05, 3.63) is 35.9 Å². The van der Waals surface area contributed by atoms with Crippen LogP contribution in [0.15, 0.2) is 30.3 Å². The van der Waals surface area contributed by atoms with Crippen LogP contribution in [0.3, 0.4) is 0 Å². The average Bonchev–Trinajstić information content (AvgIpc) is 2.48. The molecule has 0 saturated heterocycles. The van der Waals surface area contributed by atoms with Gasteiger partial charge in [0, 0.05) is 6.54 Å². The molecule has 0 aliphatic rings. The van der Waals surface area contributed by atoms with Crippen molar-refractivity contribution in [2.45, 2.75) is 25.3 Å². The highest BCUT2D eigenvalue weighted by Gasteiger charge is 2.19. The number of rotatable bonds is 9. The Balaban J connectivity index is 2.35. The number of carbonyl (C=O) groups excluding carboxylic acids is 1. The Bertz CT molecular complexity index is 440. The fourth-order valence-corrected chi connectivity index (χ4v) is 2.27. The molecule has 0 radical (unpaired) electrons. The van der Waals surface area contributed by atoms with E-state index in [2.05, 4.69) is 10.6 Å². The number of hydrogen-bond donors (Lipinski definition) is 3. The summed E-state index contributed by atoms with van der Waals surface area (Å²) in [7, 11) is 0. The van der Waals surface area contributed by atoms with Crippen molar-refractivity contribution in [2.75, 3.05) is 18.6 Å². The number of nitrogens with one attached hydrogen (secondary N) is 2. The minimum Gasteiger partial charge on any atom is -0.480 e. The lowest BCUT2D eigenvalue weighted by Gasteiger charge is -2.15. The van der Waals surface area contributed by atoms with Crippen LogP contribution in [0.1, 0.15) is 18.4 Å². The van der Waals surface area contributed by atoms with Gasteiger partial charge in [0.25, 0.3) is 0 Å². The van der Waals surface area contributed by atoms with E-state index in [0.717, 1.165) is 17.7 Å². The van der Waals surface area contributed by atoms with Crippen molar-refractivity contribution in [3.8, 4) is 0 Å². The largest absolute Gasteiger partial charge is 0.480 e. The molecule has 2 amide bonds. The van der Waals surface area contributed by atoms with E-state index >= 15 is 0 Å². The van der Waals surface area contributed by atoms with E-state index in [4.69, 9.17) is 5.11 Å². The molecule has 0 aromatic heterocycles. The lowest BCUT2D eigenvalue weighted by Crippen LogP contribution is -2.46. The van der Waals surface area contributed by atoms with Gasteiger partial charge in [0.2, 0.25) is 0 Å². The highest BCUT2D eigenvalue weighted by molar-refractivity contribution is 7.98. The second-order valence-corrected chi connectivity index (χ2v) is 5.65. The Hall–Kier alpha value is -1.69. The van der Waals surface area contributed by atoms with Gasteiger partial charge in [-0.15, -0.1) is 0 Å². The molecule has 6 heteroatoms. The number of carboxylic acids is 1. The molecule has 116 valence electrons. The standard InChI is InChI=1S/C15H22N2O3S/c1-21-11-5-10-16-15(20)17-13(14(18)19)9-8-12-6-3-2-4-7-12/h2-4,6-7,13H,5,8-11H2,1H3,(H,18,19)(H2,16,17,20). The summed E-state index contributed by atoms with van der Waals surface area (Å²) in [5.41, 5.74) is 1.06. The van der Waals surface area contributed by atoms with Crippen LogP contribution in [0, 0.1) is 0 Å². The van der Waals surface area contributed by atoms with E-state index in [0.29, 0.717) is 19.4 Å². The van der Waals surface area contributed by atoms with Gasteiger partial charge in [0.15, 0.2) is 0 Å². The van der Waals surface area contributed by atoms with E-state index < -0.39 is 18.0 Å². The van der Waals surface area contributed by atoms with E-state index in [-0.39, 0.29) is 0 Å². The predicted octanol–water partition coefficient (Wildman–Crippen LogP) is 2.12. The highest BCUT2D eigenvalue weighted by atomic mass is 32.2. The first kappa shape index (κ1) is 17.4. The number of carboxylic acid groups (broad SMARTS) is 1. The first-order valence-electron chi connectivity index (χ1n) is 6.93. The summed E-state index contributed by atoms with van der Waals surface area (Å²) in [5, 5.41) is 14.3. The first-order valence-corrected chi connectivity index (χ1v) is 8.33. The minimum atomic E-state index is -1.01. The zero-order chi connectivity index (χ0) is 15.5. The quantitative estimate of drug-likeness (QED) is 0.611. The molecule has 0 bridgehead atoms. The number of aliphatic carboxylic acids is 1. The molecule has 1 rings (SSSR count). The zero-order valence-electron chi connectivity index (χ0n) is 12.2. The maximum Gasteiger partial charge on any atom is 0.326 e. The Labute approximate surface area is 129 Å². The Kier molecular flexibility index (Phi) is 8.35. The summed E-state index contributed by atoms with van der Waals surface area (Å²) >= 11 is 1.71. The van der Waals surface area contributed by atoms with Gasteiger partial charge in [-0.05, 0) is 36.8 Å². The molecule has 0 aliphatic heterocycles. The Morgan fingerprint density at radius 1 is 1.29 bits per heavy atom. The monoisotopic (exact) mass is 310 g/mol. The minimum absolute atomic E-state index is 0.373. The maximum absolute atomic E-state index is 11.6. The molecule has 0 spiro atoms. The Morgan fingerprint density at radius 3 is 2.62 bits per heavy atom. The molecular formula is C15H22N2O3S. The van der Waals surface area contributed by atoms with Crippen molar-refractivity contribution in [1.82, 2.24) is 10.6 Å². The summed E-state index contributed by atoms with van der Waals surface area (Å²) in [4.78, 5) is 22.8. The number of carbonyl (C=O) groups is 2. The van der Waals surface area contributed by atoms with Gasteiger partial charge in [-0.1, -0.05) is 30.3 Å². The third-order valence-corrected chi connectivity index (χ3v) is 3.68. The van der Waals surface area contributed by atoms with Crippen LogP contribution in [0.25, 0.3) is 0 Å². The lowest BCUT2D eigenvalue weighted by atomic mass is 10.1. The summed E-state index contributed by atoms with van der Waals surface area (Å²) in [6.07, 6.45) is 3.86. The van der Waals surface area contributed by atoms with Crippen LogP contribution in [0.2, 0.25) is 0 Å². The van der Waals surface area contributed by atoms with Crippen molar-refractivity contribution in [3.63, 3.8) is 0 Å². The lowest BCUT2D eigenvalue weighted by molar-refractivity contribution is -0.139. The summed E-state index contributed by atoms with van der Waals surface area (Å²) in [5.74, 6) is -0.0402.